The van der Waals surface area contributed by atoms with Crippen LogP contribution in [0.5, 0.6) is 5.75 Å². The standard InChI is InChI=1S/C11H9BrF3NO/c12-9-3-1-4-10(8(9)7-16)17-6-2-5-11(13,14)15/h1,3-4H,2,5-6H2. The summed E-state index contributed by atoms with van der Waals surface area (Å²) in [7, 11) is 0. The summed E-state index contributed by atoms with van der Waals surface area (Å²) in [6.45, 7) is -0.0648. The Hall–Kier alpha value is -1.22. The van der Waals surface area contributed by atoms with Crippen molar-refractivity contribution < 1.29 is 17.9 Å². The number of benzene rings is 1. The number of hydrogen-bond acceptors (Lipinski definition) is 2. The zero-order valence-corrected chi connectivity index (χ0v) is 10.3. The molecule has 0 heterocycles. The number of alkyl halides is 3. The van der Waals surface area contributed by atoms with Crippen LogP contribution >= 0.6 is 15.9 Å². The van der Waals surface area contributed by atoms with Gasteiger partial charge in [0, 0.05) is 10.9 Å². The molecule has 1 aromatic rings. The lowest BCUT2D eigenvalue weighted by Crippen LogP contribution is -2.10. The van der Waals surface area contributed by atoms with Crippen molar-refractivity contribution >= 4 is 15.9 Å². The summed E-state index contributed by atoms with van der Waals surface area (Å²) in [6.07, 6.45) is -5.18. The normalized spacial score (nSPS) is 11.0. The Balaban J connectivity index is 2.53. The van der Waals surface area contributed by atoms with Crippen LogP contribution in [0.25, 0.3) is 0 Å². The maximum absolute atomic E-state index is 11.9. The van der Waals surface area contributed by atoms with Crippen LogP contribution in [-0.2, 0) is 0 Å². The van der Waals surface area contributed by atoms with Gasteiger partial charge in [-0.3, -0.25) is 0 Å². The van der Waals surface area contributed by atoms with Gasteiger partial charge in [0.05, 0.1) is 6.61 Å². The maximum atomic E-state index is 11.9. The van der Waals surface area contributed by atoms with Crippen molar-refractivity contribution in [1.82, 2.24) is 0 Å². The van der Waals surface area contributed by atoms with E-state index in [4.69, 9.17) is 10.00 Å². The molecule has 0 fully saturated rings. The molecule has 0 aliphatic rings. The van der Waals surface area contributed by atoms with Crippen molar-refractivity contribution in [2.75, 3.05) is 6.61 Å². The highest BCUT2D eigenvalue weighted by atomic mass is 79.9. The fourth-order valence-corrected chi connectivity index (χ4v) is 1.62. The molecule has 0 atom stereocenters. The second-order valence-corrected chi connectivity index (χ2v) is 4.15. The average molecular weight is 308 g/mol. The van der Waals surface area contributed by atoms with Crippen LogP contribution in [0.4, 0.5) is 13.2 Å². The first-order chi connectivity index (χ1) is 7.94. The van der Waals surface area contributed by atoms with E-state index in [9.17, 15) is 13.2 Å². The van der Waals surface area contributed by atoms with Gasteiger partial charge in [-0.05, 0) is 34.5 Å². The molecular weight excluding hydrogens is 299 g/mol. The van der Waals surface area contributed by atoms with E-state index in [2.05, 4.69) is 15.9 Å². The predicted octanol–water partition coefficient (Wildman–Crippen LogP) is 4.04. The van der Waals surface area contributed by atoms with Crippen molar-refractivity contribution in [3.8, 4) is 11.8 Å². The van der Waals surface area contributed by atoms with E-state index in [-0.39, 0.29) is 13.0 Å². The summed E-state index contributed by atoms with van der Waals surface area (Å²) in [4.78, 5) is 0. The minimum atomic E-state index is -4.17. The summed E-state index contributed by atoms with van der Waals surface area (Å²) in [5, 5.41) is 8.85. The first-order valence-corrected chi connectivity index (χ1v) is 5.61. The van der Waals surface area contributed by atoms with E-state index in [0.717, 1.165) is 0 Å². The molecule has 0 saturated heterocycles. The predicted molar refractivity (Wildman–Crippen MR) is 59.6 cm³/mol. The molecule has 2 nitrogen and oxygen atoms in total. The molecule has 0 aliphatic carbocycles. The minimum absolute atomic E-state index is 0.0648. The first-order valence-electron chi connectivity index (χ1n) is 4.82. The highest BCUT2D eigenvalue weighted by molar-refractivity contribution is 9.10. The molecule has 0 radical (unpaired) electrons. The molecule has 1 rings (SSSR count). The van der Waals surface area contributed by atoms with Gasteiger partial charge in [0.15, 0.2) is 0 Å². The third-order valence-corrected chi connectivity index (χ3v) is 2.61. The average Bonchev–Trinajstić information content (AvgIpc) is 2.23. The molecule has 0 unspecified atom stereocenters. The zero-order chi connectivity index (χ0) is 12.9. The molecule has 0 aliphatic heterocycles. The molecule has 0 saturated carbocycles. The van der Waals surface area contributed by atoms with Crippen LogP contribution in [0, 0.1) is 11.3 Å². The van der Waals surface area contributed by atoms with Gasteiger partial charge in [-0.1, -0.05) is 6.07 Å². The van der Waals surface area contributed by atoms with Crippen molar-refractivity contribution in [3.63, 3.8) is 0 Å². The Morgan fingerprint density at radius 1 is 1.35 bits per heavy atom. The lowest BCUT2D eigenvalue weighted by molar-refractivity contribution is -0.136. The molecule has 0 N–H and O–H groups in total. The third kappa shape index (κ3) is 4.65. The topological polar surface area (TPSA) is 33.0 Å². The van der Waals surface area contributed by atoms with Gasteiger partial charge in [0.1, 0.15) is 17.4 Å². The lowest BCUT2D eigenvalue weighted by atomic mass is 10.2. The highest BCUT2D eigenvalue weighted by Crippen LogP contribution is 2.26. The van der Waals surface area contributed by atoms with E-state index >= 15 is 0 Å². The van der Waals surface area contributed by atoms with Crippen molar-refractivity contribution in [2.24, 2.45) is 0 Å². The number of hydrogen-bond donors (Lipinski definition) is 0. The van der Waals surface area contributed by atoms with E-state index in [1.165, 1.54) is 0 Å². The lowest BCUT2D eigenvalue weighted by Gasteiger charge is -2.09. The Kier molecular flexibility index (Phi) is 4.82. The molecule has 1 aromatic carbocycles. The molecule has 0 amide bonds. The van der Waals surface area contributed by atoms with Crippen LogP contribution in [0.2, 0.25) is 0 Å². The fourth-order valence-electron chi connectivity index (χ4n) is 1.19. The first kappa shape index (κ1) is 13.8. The molecular formula is C11H9BrF3NO. The highest BCUT2D eigenvalue weighted by Gasteiger charge is 2.26. The number of rotatable bonds is 4. The third-order valence-electron chi connectivity index (χ3n) is 1.95. The van der Waals surface area contributed by atoms with Crippen LogP contribution in [0.3, 0.4) is 0 Å². The quantitative estimate of drug-likeness (QED) is 0.786. The van der Waals surface area contributed by atoms with Crippen LogP contribution in [0.1, 0.15) is 18.4 Å². The van der Waals surface area contributed by atoms with Gasteiger partial charge < -0.3 is 4.74 Å². The van der Waals surface area contributed by atoms with E-state index in [0.29, 0.717) is 15.8 Å². The van der Waals surface area contributed by atoms with Crippen LogP contribution in [-0.4, -0.2) is 12.8 Å². The summed E-state index contributed by atoms with van der Waals surface area (Å²) in [6, 6.07) is 6.80. The van der Waals surface area contributed by atoms with Gasteiger partial charge in [0.25, 0.3) is 0 Å². The number of ether oxygens (including phenoxy) is 1. The summed E-state index contributed by atoms with van der Waals surface area (Å²) in [5.41, 5.74) is 0.291. The Morgan fingerprint density at radius 3 is 2.65 bits per heavy atom. The van der Waals surface area contributed by atoms with Crippen molar-refractivity contribution in [1.29, 1.82) is 5.26 Å². The SMILES string of the molecule is N#Cc1c(Br)cccc1OCCCC(F)(F)F. The summed E-state index contributed by atoms with van der Waals surface area (Å²) >= 11 is 3.17. The minimum Gasteiger partial charge on any atom is -0.492 e. The molecule has 0 bridgehead atoms. The fraction of sp³-hybridized carbons (Fsp3) is 0.364. The largest absolute Gasteiger partial charge is 0.492 e. The number of nitrogens with zero attached hydrogens (tertiary/aromatic N) is 1. The molecule has 6 heteroatoms. The molecule has 0 aromatic heterocycles. The van der Waals surface area contributed by atoms with Crippen molar-refractivity contribution in [3.05, 3.63) is 28.2 Å². The second kappa shape index (κ2) is 5.92. The monoisotopic (exact) mass is 307 g/mol. The smallest absolute Gasteiger partial charge is 0.389 e. The zero-order valence-electron chi connectivity index (χ0n) is 8.72. The summed E-state index contributed by atoms with van der Waals surface area (Å²) < 4.78 is 41.3. The molecule has 92 valence electrons. The number of nitriles is 1. The Bertz CT molecular complexity index is 426. The van der Waals surface area contributed by atoms with Gasteiger partial charge in [-0.2, -0.15) is 18.4 Å². The maximum Gasteiger partial charge on any atom is 0.389 e. The number of halogens is 4. The van der Waals surface area contributed by atoms with Gasteiger partial charge in [-0.25, -0.2) is 0 Å². The van der Waals surface area contributed by atoms with E-state index in [1.807, 2.05) is 6.07 Å². The van der Waals surface area contributed by atoms with Gasteiger partial charge >= 0.3 is 6.18 Å². The van der Waals surface area contributed by atoms with Crippen LogP contribution in [0.15, 0.2) is 22.7 Å². The second-order valence-electron chi connectivity index (χ2n) is 3.29. The summed E-state index contributed by atoms with van der Waals surface area (Å²) in [5.74, 6) is 0.295. The van der Waals surface area contributed by atoms with Gasteiger partial charge in [0.2, 0.25) is 0 Å². The van der Waals surface area contributed by atoms with Crippen molar-refractivity contribution in [2.45, 2.75) is 19.0 Å². The Labute approximate surface area is 105 Å². The van der Waals surface area contributed by atoms with Gasteiger partial charge in [-0.15, -0.1) is 0 Å². The molecule has 17 heavy (non-hydrogen) atoms. The van der Waals surface area contributed by atoms with E-state index < -0.39 is 12.6 Å². The van der Waals surface area contributed by atoms with Crippen LogP contribution < -0.4 is 4.74 Å². The Morgan fingerprint density at radius 2 is 2.06 bits per heavy atom. The molecule has 0 spiro atoms. The van der Waals surface area contributed by atoms with E-state index in [1.54, 1.807) is 18.2 Å².